The van der Waals surface area contributed by atoms with Crippen molar-refractivity contribution in [3.8, 4) is 0 Å². The van der Waals surface area contributed by atoms with Crippen LogP contribution >= 0.6 is 11.6 Å². The van der Waals surface area contributed by atoms with Crippen molar-refractivity contribution in [1.82, 2.24) is 15.1 Å². The maximum atomic E-state index is 12.4. The van der Waals surface area contributed by atoms with Crippen LogP contribution in [0.25, 0.3) is 6.08 Å². The molecular formula is C17H15ClN4O2. The van der Waals surface area contributed by atoms with Crippen LogP contribution in [-0.4, -0.2) is 26.9 Å². The summed E-state index contributed by atoms with van der Waals surface area (Å²) in [6.45, 7) is 1.48. The Hall–Kier alpha value is -2.73. The molecule has 0 saturated carbocycles. The molecule has 3 rings (SSSR count). The van der Waals surface area contributed by atoms with E-state index < -0.39 is 0 Å². The molecule has 1 atom stereocenters. The van der Waals surface area contributed by atoms with Crippen LogP contribution < -0.4 is 5.32 Å². The second-order valence-electron chi connectivity index (χ2n) is 5.38. The van der Waals surface area contributed by atoms with Gasteiger partial charge in [-0.15, -0.1) is 10.2 Å². The summed E-state index contributed by atoms with van der Waals surface area (Å²) in [5.74, 6) is -0.0591. The molecule has 0 unspecified atom stereocenters. The smallest absolute Gasteiger partial charge is 0.228 e. The lowest BCUT2D eigenvalue weighted by Gasteiger charge is -2.32. The molecular weight excluding hydrogens is 328 g/mol. The molecule has 7 heteroatoms. The highest BCUT2D eigenvalue weighted by Crippen LogP contribution is 2.32. The minimum absolute atomic E-state index is 0.116. The zero-order valence-corrected chi connectivity index (χ0v) is 13.7. The van der Waals surface area contributed by atoms with Gasteiger partial charge in [-0.2, -0.15) is 0 Å². The van der Waals surface area contributed by atoms with E-state index >= 15 is 0 Å². The number of fused-ring (bicyclic) bond motifs is 1. The first kappa shape index (κ1) is 16.1. The van der Waals surface area contributed by atoms with Gasteiger partial charge in [-0.3, -0.25) is 9.59 Å². The number of hydrogen-bond acceptors (Lipinski definition) is 4. The van der Waals surface area contributed by atoms with Crippen LogP contribution in [0, 0.1) is 0 Å². The van der Waals surface area contributed by atoms with Crippen LogP contribution in [0.15, 0.2) is 42.6 Å². The van der Waals surface area contributed by atoms with Gasteiger partial charge >= 0.3 is 0 Å². The molecule has 24 heavy (non-hydrogen) atoms. The van der Waals surface area contributed by atoms with E-state index in [-0.39, 0.29) is 29.4 Å². The molecule has 2 aromatic rings. The van der Waals surface area contributed by atoms with E-state index in [4.69, 9.17) is 11.6 Å². The Bertz CT molecular complexity index is 804. The molecule has 0 aliphatic carbocycles. The van der Waals surface area contributed by atoms with Crippen LogP contribution in [0.4, 0.5) is 5.82 Å². The lowest BCUT2D eigenvalue weighted by molar-refractivity contribution is -0.129. The molecule has 0 bridgehead atoms. The second kappa shape index (κ2) is 6.80. The van der Waals surface area contributed by atoms with Crippen LogP contribution in [-0.2, 0) is 9.59 Å². The number of rotatable bonds is 3. The number of nitrogens with zero attached hydrogens (tertiary/aromatic N) is 3. The largest absolute Gasteiger partial charge is 0.311 e. The van der Waals surface area contributed by atoms with Crippen molar-refractivity contribution in [3.05, 3.63) is 58.9 Å². The number of hydrogen-bond donors (Lipinski definition) is 1. The van der Waals surface area contributed by atoms with Gasteiger partial charge in [0.1, 0.15) is 0 Å². The van der Waals surface area contributed by atoms with Crippen molar-refractivity contribution in [2.45, 2.75) is 19.4 Å². The minimum atomic E-state index is -0.357. The summed E-state index contributed by atoms with van der Waals surface area (Å²) in [4.78, 5) is 25.8. The zero-order valence-electron chi connectivity index (χ0n) is 12.9. The molecule has 122 valence electrons. The number of benzene rings is 1. The van der Waals surface area contributed by atoms with E-state index in [1.165, 1.54) is 6.92 Å². The highest BCUT2D eigenvalue weighted by molar-refractivity contribution is 6.29. The Morgan fingerprint density at radius 3 is 2.71 bits per heavy atom. The van der Waals surface area contributed by atoms with Gasteiger partial charge in [0, 0.05) is 13.1 Å². The third-order valence-electron chi connectivity index (χ3n) is 3.75. The van der Waals surface area contributed by atoms with Gasteiger partial charge in [-0.25, -0.2) is 0 Å². The third kappa shape index (κ3) is 3.44. The van der Waals surface area contributed by atoms with Crippen molar-refractivity contribution in [1.29, 1.82) is 0 Å². The quantitative estimate of drug-likeness (QED) is 0.930. The molecule has 0 spiro atoms. The maximum Gasteiger partial charge on any atom is 0.228 e. The predicted molar refractivity (Wildman–Crippen MR) is 91.0 cm³/mol. The summed E-state index contributed by atoms with van der Waals surface area (Å²) in [6, 6.07) is 10.5. The van der Waals surface area contributed by atoms with Crippen molar-refractivity contribution >= 4 is 35.3 Å². The van der Waals surface area contributed by atoms with E-state index in [1.807, 2.05) is 30.3 Å². The van der Waals surface area contributed by atoms with Crippen LogP contribution in [0.1, 0.15) is 30.5 Å². The number of carbonyl (C=O) groups is 2. The Morgan fingerprint density at radius 1 is 1.21 bits per heavy atom. The fourth-order valence-electron chi connectivity index (χ4n) is 2.67. The van der Waals surface area contributed by atoms with Crippen molar-refractivity contribution in [2.75, 3.05) is 5.32 Å². The van der Waals surface area contributed by atoms with E-state index in [9.17, 15) is 9.59 Å². The van der Waals surface area contributed by atoms with Crippen LogP contribution in [0.3, 0.4) is 0 Å². The van der Waals surface area contributed by atoms with Gasteiger partial charge in [0.25, 0.3) is 0 Å². The average molecular weight is 343 g/mol. The Balaban J connectivity index is 1.80. The van der Waals surface area contributed by atoms with Gasteiger partial charge in [0.15, 0.2) is 11.0 Å². The second-order valence-corrected chi connectivity index (χ2v) is 5.77. The molecule has 1 N–H and O–H groups in total. The molecule has 2 amide bonds. The molecule has 1 aromatic heterocycles. The first-order valence-electron chi connectivity index (χ1n) is 7.39. The molecule has 2 heterocycles. The minimum Gasteiger partial charge on any atom is -0.311 e. The first-order valence-corrected chi connectivity index (χ1v) is 7.77. The van der Waals surface area contributed by atoms with Crippen molar-refractivity contribution < 1.29 is 9.59 Å². The number of halogens is 1. The van der Waals surface area contributed by atoms with Gasteiger partial charge in [-0.1, -0.05) is 35.9 Å². The molecule has 0 fully saturated rings. The number of carbonyl (C=O) groups excluding carboxylic acids is 2. The third-order valence-corrected chi connectivity index (χ3v) is 3.95. The summed E-state index contributed by atoms with van der Waals surface area (Å²) >= 11 is 5.68. The van der Waals surface area contributed by atoms with Crippen molar-refractivity contribution in [3.63, 3.8) is 0 Å². The molecule has 1 aliphatic rings. The molecule has 0 saturated heterocycles. The Labute approximate surface area is 144 Å². The normalized spacial score (nSPS) is 15.8. The number of aromatic nitrogens is 2. The summed E-state index contributed by atoms with van der Waals surface area (Å²) < 4.78 is 0. The monoisotopic (exact) mass is 342 g/mol. The van der Waals surface area contributed by atoms with Crippen LogP contribution in [0.2, 0.25) is 5.15 Å². The van der Waals surface area contributed by atoms with Crippen LogP contribution in [0.5, 0.6) is 0 Å². The topological polar surface area (TPSA) is 75.2 Å². The van der Waals surface area contributed by atoms with E-state index in [0.29, 0.717) is 5.82 Å². The fraction of sp³-hybridized carbons (Fsp3) is 0.176. The maximum absolute atomic E-state index is 12.4. The van der Waals surface area contributed by atoms with Crippen molar-refractivity contribution in [2.24, 2.45) is 0 Å². The summed E-state index contributed by atoms with van der Waals surface area (Å²) in [5, 5.41) is 10.4. The van der Waals surface area contributed by atoms with E-state index in [1.54, 1.807) is 23.2 Å². The van der Waals surface area contributed by atoms with Gasteiger partial charge in [0.2, 0.25) is 11.8 Å². The first-order chi connectivity index (χ1) is 11.5. The number of anilines is 1. The lowest BCUT2D eigenvalue weighted by Crippen LogP contribution is -2.33. The van der Waals surface area contributed by atoms with Gasteiger partial charge in [0.05, 0.1) is 12.5 Å². The highest BCUT2D eigenvalue weighted by atomic mass is 35.5. The van der Waals surface area contributed by atoms with Gasteiger partial charge < -0.3 is 10.2 Å². The lowest BCUT2D eigenvalue weighted by atomic mass is 9.93. The summed E-state index contributed by atoms with van der Waals surface area (Å²) in [5.41, 5.74) is 1.94. The standard InChI is InChI=1S/C17H15ClN4O2/c1-11(23)22-9-8-12-4-2-3-5-13(12)14(22)10-17(24)19-16-7-6-15(18)20-21-16/h2-9,14H,10H2,1H3,(H,19,21,24)/t14-/m0/s1. The summed E-state index contributed by atoms with van der Waals surface area (Å²) in [6.07, 6.45) is 3.70. The zero-order chi connectivity index (χ0) is 17.1. The highest BCUT2D eigenvalue weighted by Gasteiger charge is 2.28. The van der Waals surface area contributed by atoms with E-state index in [2.05, 4.69) is 15.5 Å². The average Bonchev–Trinajstić information content (AvgIpc) is 2.57. The summed E-state index contributed by atoms with van der Waals surface area (Å²) in [7, 11) is 0. The Kier molecular flexibility index (Phi) is 4.57. The molecule has 0 radical (unpaired) electrons. The number of amides is 2. The molecule has 1 aromatic carbocycles. The molecule has 1 aliphatic heterocycles. The fourth-order valence-corrected chi connectivity index (χ4v) is 2.77. The molecule has 6 nitrogen and oxygen atoms in total. The predicted octanol–water partition coefficient (Wildman–Crippen LogP) is 3.03. The van der Waals surface area contributed by atoms with Gasteiger partial charge in [-0.05, 0) is 29.3 Å². The number of nitrogens with one attached hydrogen (secondary N) is 1. The Morgan fingerprint density at radius 2 is 2.00 bits per heavy atom. The van der Waals surface area contributed by atoms with E-state index in [0.717, 1.165) is 11.1 Å². The SMILES string of the molecule is CC(=O)N1C=Cc2ccccc2[C@@H]1CC(=O)Nc1ccc(Cl)nn1.